The molecule has 3 N–H and O–H groups in total. The molecule has 2 amide bonds. The predicted molar refractivity (Wildman–Crippen MR) is 99.6 cm³/mol. The largest absolute Gasteiger partial charge is 0.351 e. The van der Waals surface area contributed by atoms with Gasteiger partial charge in [-0.1, -0.05) is 12.1 Å². The summed E-state index contributed by atoms with van der Waals surface area (Å²) in [6, 6.07) is 9.83. The summed E-state index contributed by atoms with van der Waals surface area (Å²) in [5, 5.41) is 5.48. The van der Waals surface area contributed by atoms with Gasteiger partial charge in [0.15, 0.2) is 0 Å². The molecule has 0 bridgehead atoms. The van der Waals surface area contributed by atoms with Crippen molar-refractivity contribution in [3.63, 3.8) is 0 Å². The zero-order valence-electron chi connectivity index (χ0n) is 14.1. The molecule has 1 fully saturated rings. The number of rotatable bonds is 7. The van der Waals surface area contributed by atoms with Gasteiger partial charge in [-0.2, -0.15) is 0 Å². The van der Waals surface area contributed by atoms with Crippen molar-refractivity contribution >= 4 is 38.9 Å². The fraction of sp³-hybridized carbons (Fsp3) is 0.294. The first-order chi connectivity index (χ1) is 12.3. The standard InChI is InChI=1S/C17H19N3O4S2/c1-11(21)18-10-13-8-9-16(25-13)26(23,24)20-15-5-3-2-4-14(15)17(22)19-12-6-7-12/h2-5,8-9,12,20H,6-7,10H2,1H3,(H,18,21)(H,19,22). The maximum absolute atomic E-state index is 12.6. The molecular formula is C17H19N3O4S2. The van der Waals surface area contributed by atoms with Crippen LogP contribution in [0.15, 0.2) is 40.6 Å². The summed E-state index contributed by atoms with van der Waals surface area (Å²) in [5.74, 6) is -0.472. The minimum atomic E-state index is -3.82. The molecule has 2 aromatic rings. The summed E-state index contributed by atoms with van der Waals surface area (Å²) in [4.78, 5) is 24.0. The van der Waals surface area contributed by atoms with E-state index in [2.05, 4.69) is 15.4 Å². The van der Waals surface area contributed by atoms with Gasteiger partial charge in [-0.25, -0.2) is 8.42 Å². The number of hydrogen-bond donors (Lipinski definition) is 3. The van der Waals surface area contributed by atoms with Crippen molar-refractivity contribution in [3.8, 4) is 0 Å². The lowest BCUT2D eigenvalue weighted by molar-refractivity contribution is -0.119. The number of benzene rings is 1. The Bertz CT molecular complexity index is 933. The summed E-state index contributed by atoms with van der Waals surface area (Å²) in [6.07, 6.45) is 1.90. The van der Waals surface area contributed by atoms with E-state index in [1.807, 2.05) is 0 Å². The van der Waals surface area contributed by atoms with Crippen LogP contribution in [0.3, 0.4) is 0 Å². The van der Waals surface area contributed by atoms with E-state index in [9.17, 15) is 18.0 Å². The molecule has 138 valence electrons. The Balaban J connectivity index is 1.77. The van der Waals surface area contributed by atoms with E-state index in [1.165, 1.54) is 13.0 Å². The van der Waals surface area contributed by atoms with Crippen molar-refractivity contribution < 1.29 is 18.0 Å². The molecule has 1 aliphatic rings. The van der Waals surface area contributed by atoms with Crippen LogP contribution >= 0.6 is 11.3 Å². The Morgan fingerprint density at radius 2 is 1.88 bits per heavy atom. The highest BCUT2D eigenvalue weighted by Gasteiger charge is 2.26. The van der Waals surface area contributed by atoms with Crippen molar-refractivity contribution in [2.24, 2.45) is 0 Å². The molecule has 0 saturated heterocycles. The molecule has 0 aliphatic heterocycles. The molecule has 9 heteroatoms. The van der Waals surface area contributed by atoms with Gasteiger partial charge in [0.05, 0.1) is 17.8 Å². The second-order valence-electron chi connectivity index (χ2n) is 6.03. The molecule has 1 aliphatic carbocycles. The molecule has 26 heavy (non-hydrogen) atoms. The van der Waals surface area contributed by atoms with E-state index in [0.29, 0.717) is 0 Å². The lowest BCUT2D eigenvalue weighted by Gasteiger charge is -2.11. The lowest BCUT2D eigenvalue weighted by Crippen LogP contribution is -2.26. The third-order valence-electron chi connectivity index (χ3n) is 3.74. The average molecular weight is 393 g/mol. The predicted octanol–water partition coefficient (Wildman–Crippen LogP) is 2.08. The van der Waals surface area contributed by atoms with Gasteiger partial charge in [-0.05, 0) is 37.1 Å². The third kappa shape index (κ3) is 4.61. The van der Waals surface area contributed by atoms with Crippen LogP contribution in [0.5, 0.6) is 0 Å². The van der Waals surface area contributed by atoms with Gasteiger partial charge in [0.2, 0.25) is 5.91 Å². The Labute approximate surface area is 155 Å². The Kier molecular flexibility index (Phi) is 5.28. The minimum absolute atomic E-state index is 0.121. The molecule has 0 radical (unpaired) electrons. The van der Waals surface area contributed by atoms with Crippen LogP contribution in [0.4, 0.5) is 5.69 Å². The first-order valence-corrected chi connectivity index (χ1v) is 10.4. The quantitative estimate of drug-likeness (QED) is 0.670. The van der Waals surface area contributed by atoms with Crippen LogP contribution in [0.1, 0.15) is 35.0 Å². The topological polar surface area (TPSA) is 104 Å². The van der Waals surface area contributed by atoms with Crippen LogP contribution in [0, 0.1) is 0 Å². The number of thiophene rings is 1. The number of hydrogen-bond acceptors (Lipinski definition) is 5. The number of sulfonamides is 1. The van der Waals surface area contributed by atoms with Gasteiger partial charge in [0.25, 0.3) is 15.9 Å². The molecule has 1 aromatic carbocycles. The van der Waals surface area contributed by atoms with Crippen LogP contribution in [0.25, 0.3) is 0 Å². The van der Waals surface area contributed by atoms with Gasteiger partial charge < -0.3 is 10.6 Å². The summed E-state index contributed by atoms with van der Waals surface area (Å²) < 4.78 is 27.9. The van der Waals surface area contributed by atoms with Crippen LogP contribution in [-0.2, 0) is 21.4 Å². The third-order valence-corrected chi connectivity index (χ3v) is 6.68. The van der Waals surface area contributed by atoms with Crippen molar-refractivity contribution in [3.05, 3.63) is 46.8 Å². The highest BCUT2D eigenvalue weighted by Crippen LogP contribution is 2.26. The second kappa shape index (κ2) is 7.46. The molecule has 7 nitrogen and oxygen atoms in total. The summed E-state index contributed by atoms with van der Waals surface area (Å²) in [6.45, 7) is 1.67. The van der Waals surface area contributed by atoms with E-state index in [-0.39, 0.29) is 39.9 Å². The summed E-state index contributed by atoms with van der Waals surface area (Å²) >= 11 is 1.07. The van der Waals surface area contributed by atoms with E-state index >= 15 is 0 Å². The van der Waals surface area contributed by atoms with Gasteiger partial charge in [0, 0.05) is 17.8 Å². The van der Waals surface area contributed by atoms with Crippen molar-refractivity contribution in [2.75, 3.05) is 4.72 Å². The molecule has 1 saturated carbocycles. The maximum Gasteiger partial charge on any atom is 0.271 e. The van der Waals surface area contributed by atoms with Gasteiger partial charge in [0.1, 0.15) is 4.21 Å². The number of carbonyl (C=O) groups is 2. The maximum atomic E-state index is 12.6. The van der Waals surface area contributed by atoms with E-state index < -0.39 is 10.0 Å². The van der Waals surface area contributed by atoms with Gasteiger partial charge >= 0.3 is 0 Å². The highest BCUT2D eigenvalue weighted by atomic mass is 32.2. The smallest absolute Gasteiger partial charge is 0.271 e. The number of nitrogens with one attached hydrogen (secondary N) is 3. The Morgan fingerprint density at radius 1 is 1.15 bits per heavy atom. The van der Waals surface area contributed by atoms with Gasteiger partial charge in [-0.15, -0.1) is 11.3 Å². The van der Waals surface area contributed by atoms with Crippen LogP contribution in [0.2, 0.25) is 0 Å². The zero-order valence-corrected chi connectivity index (χ0v) is 15.7. The van der Waals surface area contributed by atoms with E-state index in [1.54, 1.807) is 30.3 Å². The zero-order chi connectivity index (χ0) is 18.7. The summed E-state index contributed by atoms with van der Waals surface area (Å²) in [5.41, 5.74) is 0.528. The number of carbonyl (C=O) groups excluding carboxylic acids is 2. The van der Waals surface area contributed by atoms with Crippen molar-refractivity contribution in [1.29, 1.82) is 0 Å². The SMILES string of the molecule is CC(=O)NCc1ccc(S(=O)(=O)Nc2ccccc2C(=O)NC2CC2)s1. The monoisotopic (exact) mass is 393 g/mol. The lowest BCUT2D eigenvalue weighted by atomic mass is 10.1. The van der Waals surface area contributed by atoms with Crippen LogP contribution < -0.4 is 15.4 Å². The van der Waals surface area contributed by atoms with Gasteiger partial charge in [-0.3, -0.25) is 14.3 Å². The fourth-order valence-corrected chi connectivity index (χ4v) is 4.64. The average Bonchev–Trinajstić information content (AvgIpc) is 3.25. The molecule has 1 aromatic heterocycles. The molecule has 0 unspecified atom stereocenters. The first-order valence-electron chi connectivity index (χ1n) is 8.11. The summed E-state index contributed by atoms with van der Waals surface area (Å²) in [7, 11) is -3.82. The molecule has 0 spiro atoms. The van der Waals surface area contributed by atoms with Crippen molar-refractivity contribution in [2.45, 2.75) is 36.6 Å². The fourth-order valence-electron chi connectivity index (χ4n) is 2.27. The molecule has 3 rings (SSSR count). The number of amides is 2. The number of anilines is 1. The minimum Gasteiger partial charge on any atom is -0.351 e. The second-order valence-corrected chi connectivity index (χ2v) is 9.11. The molecular weight excluding hydrogens is 374 g/mol. The molecule has 0 atom stereocenters. The Hall–Kier alpha value is -2.39. The van der Waals surface area contributed by atoms with E-state index in [0.717, 1.165) is 29.1 Å². The highest BCUT2D eigenvalue weighted by molar-refractivity contribution is 7.94. The van der Waals surface area contributed by atoms with Crippen molar-refractivity contribution in [1.82, 2.24) is 10.6 Å². The Morgan fingerprint density at radius 3 is 2.58 bits per heavy atom. The first kappa shape index (κ1) is 18.4. The van der Waals surface area contributed by atoms with E-state index in [4.69, 9.17) is 0 Å². The number of para-hydroxylation sites is 1. The molecule has 1 heterocycles. The normalized spacial score (nSPS) is 13.9. The van der Waals surface area contributed by atoms with Crippen LogP contribution in [-0.4, -0.2) is 26.3 Å².